The van der Waals surface area contributed by atoms with Gasteiger partial charge in [0.2, 0.25) is 5.91 Å². The Kier molecular flexibility index (Phi) is 7.22. The minimum absolute atomic E-state index is 0.0268. The quantitative estimate of drug-likeness (QED) is 0.774. The molecule has 0 unspecified atom stereocenters. The second kappa shape index (κ2) is 8.67. The number of carbonyl (C=O) groups excluding carboxylic acids is 3. The van der Waals surface area contributed by atoms with Crippen molar-refractivity contribution in [1.29, 1.82) is 0 Å². The fourth-order valence-electron chi connectivity index (χ4n) is 1.67. The van der Waals surface area contributed by atoms with Crippen LogP contribution in [0.4, 0.5) is 4.79 Å². The molecule has 6 nitrogen and oxygen atoms in total. The number of hydrogen-bond acceptors (Lipinski definition) is 5. The molecule has 0 aromatic carbocycles. The minimum Gasteiger partial charge on any atom is -0.444 e. The van der Waals surface area contributed by atoms with Crippen LogP contribution in [0.5, 0.6) is 0 Å². The van der Waals surface area contributed by atoms with Crippen LogP contribution in [0.15, 0.2) is 17.5 Å². The Morgan fingerprint density at radius 1 is 1.26 bits per heavy atom. The molecule has 0 radical (unpaired) electrons. The Morgan fingerprint density at radius 2 is 1.96 bits per heavy atom. The number of nitrogens with zero attached hydrogens (tertiary/aromatic N) is 1. The monoisotopic (exact) mass is 340 g/mol. The molecule has 0 fully saturated rings. The lowest BCUT2D eigenvalue weighted by atomic mass is 10.2. The van der Waals surface area contributed by atoms with Crippen molar-refractivity contribution < 1.29 is 19.1 Å². The van der Waals surface area contributed by atoms with E-state index in [2.05, 4.69) is 5.32 Å². The van der Waals surface area contributed by atoms with Crippen LogP contribution in [0.2, 0.25) is 0 Å². The van der Waals surface area contributed by atoms with Crippen molar-refractivity contribution in [2.75, 3.05) is 20.1 Å². The molecule has 0 aliphatic carbocycles. The van der Waals surface area contributed by atoms with E-state index in [-0.39, 0.29) is 24.5 Å². The summed E-state index contributed by atoms with van der Waals surface area (Å²) in [5.74, 6) is -0.228. The first-order valence-corrected chi connectivity index (χ1v) is 8.34. The van der Waals surface area contributed by atoms with Gasteiger partial charge in [-0.3, -0.25) is 9.59 Å². The highest BCUT2D eigenvalue weighted by atomic mass is 32.1. The van der Waals surface area contributed by atoms with E-state index in [1.807, 2.05) is 11.4 Å². The van der Waals surface area contributed by atoms with Crippen LogP contribution >= 0.6 is 11.3 Å². The zero-order valence-electron chi connectivity index (χ0n) is 14.0. The number of Topliss-reactive ketones (excluding diaryl/α,β-unsaturated/α-hetero) is 1. The number of carbonyl (C=O) groups is 3. The van der Waals surface area contributed by atoms with Gasteiger partial charge in [0.1, 0.15) is 5.60 Å². The van der Waals surface area contributed by atoms with Crippen LogP contribution in [0.25, 0.3) is 0 Å². The first-order valence-electron chi connectivity index (χ1n) is 7.46. The van der Waals surface area contributed by atoms with Gasteiger partial charge in [0.25, 0.3) is 0 Å². The molecule has 0 atom stereocenters. The third kappa shape index (κ3) is 7.78. The summed E-state index contributed by atoms with van der Waals surface area (Å²) >= 11 is 1.37. The predicted molar refractivity (Wildman–Crippen MR) is 89.8 cm³/mol. The summed E-state index contributed by atoms with van der Waals surface area (Å²) in [7, 11) is 1.61. The van der Waals surface area contributed by atoms with E-state index in [1.165, 1.54) is 16.2 Å². The second-order valence-electron chi connectivity index (χ2n) is 6.15. The summed E-state index contributed by atoms with van der Waals surface area (Å²) in [6, 6.07) is 3.56. The highest BCUT2D eigenvalue weighted by Gasteiger charge is 2.19. The molecule has 1 aromatic heterocycles. The molecular weight excluding hydrogens is 316 g/mol. The molecule has 0 aliphatic rings. The smallest absolute Gasteiger partial charge is 0.410 e. The van der Waals surface area contributed by atoms with E-state index in [0.29, 0.717) is 18.0 Å². The van der Waals surface area contributed by atoms with Crippen LogP contribution in [0.1, 0.15) is 43.3 Å². The zero-order valence-corrected chi connectivity index (χ0v) is 14.9. The second-order valence-corrected chi connectivity index (χ2v) is 7.10. The Hall–Kier alpha value is -1.89. The molecule has 2 amide bonds. The van der Waals surface area contributed by atoms with Crippen LogP contribution < -0.4 is 5.32 Å². The highest BCUT2D eigenvalue weighted by Crippen LogP contribution is 2.12. The number of nitrogens with one attached hydrogen (secondary N) is 1. The van der Waals surface area contributed by atoms with Gasteiger partial charge in [0.05, 0.1) is 4.88 Å². The molecule has 1 aromatic rings. The number of likely N-dealkylation sites (N-methyl/N-ethyl adjacent to an activating group) is 1. The van der Waals surface area contributed by atoms with Gasteiger partial charge in [-0.15, -0.1) is 11.3 Å². The van der Waals surface area contributed by atoms with E-state index in [9.17, 15) is 14.4 Å². The molecule has 0 spiro atoms. The molecule has 0 bridgehead atoms. The third-order valence-corrected chi connectivity index (χ3v) is 3.76. The molecule has 0 saturated heterocycles. The minimum atomic E-state index is -0.545. The summed E-state index contributed by atoms with van der Waals surface area (Å²) in [6.07, 6.45) is -0.0964. The van der Waals surface area contributed by atoms with Gasteiger partial charge in [-0.2, -0.15) is 0 Å². The number of amides is 2. The fraction of sp³-hybridized carbons (Fsp3) is 0.562. The number of rotatable bonds is 7. The number of ketones is 1. The van der Waals surface area contributed by atoms with E-state index < -0.39 is 11.7 Å². The maximum atomic E-state index is 11.8. The maximum Gasteiger partial charge on any atom is 0.410 e. The molecular formula is C16H24N2O4S. The van der Waals surface area contributed by atoms with Crippen molar-refractivity contribution in [1.82, 2.24) is 10.2 Å². The standard InChI is InChI=1S/C16H24N2O4S/c1-16(2,3)22-15(21)18(4)10-9-17-14(20)8-7-12(19)13-6-5-11-23-13/h5-6,11H,7-10H2,1-4H3,(H,17,20). The summed E-state index contributed by atoms with van der Waals surface area (Å²) in [5, 5.41) is 4.53. The summed E-state index contributed by atoms with van der Waals surface area (Å²) in [6.45, 7) is 6.06. The van der Waals surface area contributed by atoms with Crippen molar-refractivity contribution >= 4 is 29.1 Å². The predicted octanol–water partition coefficient (Wildman–Crippen LogP) is 2.69. The van der Waals surface area contributed by atoms with Crippen LogP contribution in [0.3, 0.4) is 0 Å². The normalized spacial score (nSPS) is 11.0. The largest absolute Gasteiger partial charge is 0.444 e. The Balaban J connectivity index is 2.21. The van der Waals surface area contributed by atoms with Crippen LogP contribution in [-0.4, -0.2) is 48.4 Å². The van der Waals surface area contributed by atoms with Crippen molar-refractivity contribution in [2.45, 2.75) is 39.2 Å². The zero-order chi connectivity index (χ0) is 17.5. The fourth-order valence-corrected chi connectivity index (χ4v) is 2.36. The Labute approximate surface area is 140 Å². The van der Waals surface area contributed by atoms with Gasteiger partial charge < -0.3 is 15.0 Å². The van der Waals surface area contributed by atoms with Gasteiger partial charge >= 0.3 is 6.09 Å². The molecule has 7 heteroatoms. The lowest BCUT2D eigenvalue weighted by Gasteiger charge is -2.24. The molecule has 1 rings (SSSR count). The summed E-state index contributed by atoms with van der Waals surface area (Å²) in [4.78, 5) is 37.3. The van der Waals surface area contributed by atoms with E-state index in [0.717, 1.165) is 0 Å². The molecule has 128 valence electrons. The molecule has 0 saturated carbocycles. The van der Waals surface area contributed by atoms with Gasteiger partial charge in [0, 0.05) is 33.0 Å². The van der Waals surface area contributed by atoms with Crippen molar-refractivity contribution in [3.8, 4) is 0 Å². The van der Waals surface area contributed by atoms with Crippen molar-refractivity contribution in [3.05, 3.63) is 22.4 Å². The lowest BCUT2D eigenvalue weighted by Crippen LogP contribution is -2.39. The molecule has 1 N–H and O–H groups in total. The van der Waals surface area contributed by atoms with Gasteiger partial charge in [-0.25, -0.2) is 4.79 Å². The Morgan fingerprint density at radius 3 is 2.52 bits per heavy atom. The molecule has 23 heavy (non-hydrogen) atoms. The first kappa shape index (κ1) is 19.2. The van der Waals surface area contributed by atoms with Gasteiger partial charge in [-0.05, 0) is 32.2 Å². The average Bonchev–Trinajstić information content (AvgIpc) is 2.97. The van der Waals surface area contributed by atoms with E-state index >= 15 is 0 Å². The number of thiophene rings is 1. The third-order valence-electron chi connectivity index (χ3n) is 2.85. The maximum absolute atomic E-state index is 11.8. The highest BCUT2D eigenvalue weighted by molar-refractivity contribution is 7.12. The van der Waals surface area contributed by atoms with E-state index in [1.54, 1.807) is 33.9 Å². The van der Waals surface area contributed by atoms with Crippen LogP contribution in [0, 0.1) is 0 Å². The average molecular weight is 340 g/mol. The molecule has 1 heterocycles. The first-order chi connectivity index (χ1) is 10.7. The van der Waals surface area contributed by atoms with Crippen LogP contribution in [-0.2, 0) is 9.53 Å². The lowest BCUT2D eigenvalue weighted by molar-refractivity contribution is -0.121. The van der Waals surface area contributed by atoms with Gasteiger partial charge in [0.15, 0.2) is 5.78 Å². The van der Waals surface area contributed by atoms with E-state index in [4.69, 9.17) is 4.74 Å². The molecule has 0 aliphatic heterocycles. The summed E-state index contributed by atoms with van der Waals surface area (Å²) < 4.78 is 5.21. The Bertz CT molecular complexity index is 535. The van der Waals surface area contributed by atoms with Gasteiger partial charge in [-0.1, -0.05) is 6.07 Å². The van der Waals surface area contributed by atoms with Crippen molar-refractivity contribution in [3.63, 3.8) is 0 Å². The SMILES string of the molecule is CN(CCNC(=O)CCC(=O)c1cccs1)C(=O)OC(C)(C)C. The number of ether oxygens (including phenoxy) is 1. The summed E-state index contributed by atoms with van der Waals surface area (Å²) in [5.41, 5.74) is -0.545. The topological polar surface area (TPSA) is 75.7 Å². The number of hydrogen-bond donors (Lipinski definition) is 1. The van der Waals surface area contributed by atoms with Crippen molar-refractivity contribution in [2.24, 2.45) is 0 Å².